The molecule has 8 heteroatoms. The maximum atomic E-state index is 5.67. The third-order valence-corrected chi connectivity index (χ3v) is 3.81. The quantitative estimate of drug-likeness (QED) is 0.853. The summed E-state index contributed by atoms with van der Waals surface area (Å²) in [5.41, 5.74) is 5.67. The molecule has 18 heavy (non-hydrogen) atoms. The first-order chi connectivity index (χ1) is 8.84. The van der Waals surface area contributed by atoms with Gasteiger partial charge in [-0.3, -0.25) is 4.90 Å². The maximum absolute atomic E-state index is 5.67. The fourth-order valence-corrected chi connectivity index (χ4v) is 2.60. The lowest BCUT2D eigenvalue weighted by atomic mass is 10.4. The number of nitrogens with two attached hydrogens (primary N) is 1. The Morgan fingerprint density at radius 3 is 2.72 bits per heavy atom. The van der Waals surface area contributed by atoms with E-state index < -0.39 is 0 Å². The number of nitrogens with zero attached hydrogens (tertiary/aromatic N) is 4. The highest BCUT2D eigenvalue weighted by molar-refractivity contribution is 8.03. The second-order valence-electron chi connectivity index (χ2n) is 3.85. The summed E-state index contributed by atoms with van der Waals surface area (Å²) in [6.07, 6.45) is 3.69. The average molecular weight is 287 g/mol. The highest BCUT2D eigenvalue weighted by Crippen LogP contribution is 2.20. The van der Waals surface area contributed by atoms with Crippen LogP contribution in [-0.4, -0.2) is 58.2 Å². The Balaban J connectivity index is 0.000000202. The molecule has 100 valence electrons. The molecule has 2 aliphatic rings. The molecular formula is C10H17N5OS2. The molecule has 2 N–H and O–H groups in total. The fraction of sp³-hybridized carbons (Fsp3) is 0.600. The van der Waals surface area contributed by atoms with Crippen LogP contribution in [0.1, 0.15) is 0 Å². The Hall–Kier alpha value is -0.830. The van der Waals surface area contributed by atoms with Crippen LogP contribution in [0.3, 0.4) is 0 Å². The van der Waals surface area contributed by atoms with Crippen LogP contribution >= 0.6 is 23.3 Å². The van der Waals surface area contributed by atoms with Crippen molar-refractivity contribution in [1.29, 1.82) is 0 Å². The normalized spacial score (nSPS) is 20.2. The van der Waals surface area contributed by atoms with E-state index in [9.17, 15) is 0 Å². The van der Waals surface area contributed by atoms with E-state index in [1.165, 1.54) is 11.5 Å². The molecule has 0 bridgehead atoms. The van der Waals surface area contributed by atoms with E-state index in [4.69, 9.17) is 10.5 Å². The summed E-state index contributed by atoms with van der Waals surface area (Å²) in [5, 5.41) is 6.23. The number of hydrogen-bond donors (Lipinski definition) is 1. The van der Waals surface area contributed by atoms with Gasteiger partial charge in [-0.05, 0) is 11.5 Å². The van der Waals surface area contributed by atoms with Gasteiger partial charge in [-0.1, -0.05) is 16.3 Å². The Morgan fingerprint density at radius 2 is 2.22 bits per heavy atom. The zero-order valence-electron chi connectivity index (χ0n) is 10.1. The minimum atomic E-state index is 0.861. The summed E-state index contributed by atoms with van der Waals surface area (Å²) in [5.74, 6) is 0.989. The summed E-state index contributed by atoms with van der Waals surface area (Å²) < 4.78 is 8.79. The van der Waals surface area contributed by atoms with Gasteiger partial charge in [0.2, 0.25) is 0 Å². The van der Waals surface area contributed by atoms with Gasteiger partial charge in [0.05, 0.1) is 37.0 Å². The maximum Gasteiger partial charge on any atom is 0.0835 e. The Bertz CT molecular complexity index is 336. The molecule has 6 nitrogen and oxygen atoms in total. The van der Waals surface area contributed by atoms with Crippen molar-refractivity contribution in [2.75, 3.05) is 38.8 Å². The third-order valence-electron chi connectivity index (χ3n) is 2.47. The minimum Gasteiger partial charge on any atom is -0.392 e. The van der Waals surface area contributed by atoms with Crippen LogP contribution in [0.2, 0.25) is 0 Å². The average Bonchev–Trinajstić information content (AvgIpc) is 3.05. The molecular weight excluding hydrogens is 270 g/mol. The Labute approximate surface area is 115 Å². The standard InChI is InChI=1S/C8H15N3OS.C2H2N2S/c9-8-5-11(7-13-8)6-10-1-3-12-4-2-10;1-2-5-4-3-1/h5H,1-4,6-7,9H2;1-2H. The number of aromatic nitrogens is 2. The van der Waals surface area contributed by atoms with Crippen LogP contribution in [0, 0.1) is 0 Å². The van der Waals surface area contributed by atoms with E-state index >= 15 is 0 Å². The van der Waals surface area contributed by atoms with Crippen LogP contribution in [0.5, 0.6) is 0 Å². The number of morpholine rings is 1. The van der Waals surface area contributed by atoms with E-state index in [0.717, 1.165) is 43.9 Å². The third kappa shape index (κ3) is 4.81. The van der Waals surface area contributed by atoms with Gasteiger partial charge in [0.15, 0.2) is 0 Å². The van der Waals surface area contributed by atoms with Crippen molar-refractivity contribution in [2.45, 2.75) is 0 Å². The fourth-order valence-electron chi connectivity index (χ4n) is 1.63. The molecule has 0 atom stereocenters. The Morgan fingerprint density at radius 1 is 1.39 bits per heavy atom. The van der Waals surface area contributed by atoms with Crippen molar-refractivity contribution in [3.63, 3.8) is 0 Å². The van der Waals surface area contributed by atoms with Gasteiger partial charge in [0.1, 0.15) is 0 Å². The molecule has 1 aromatic rings. The number of hydrogen-bond acceptors (Lipinski definition) is 8. The van der Waals surface area contributed by atoms with E-state index in [1.807, 2.05) is 11.6 Å². The van der Waals surface area contributed by atoms with Crippen LogP contribution in [0.15, 0.2) is 22.8 Å². The van der Waals surface area contributed by atoms with Gasteiger partial charge in [0, 0.05) is 24.7 Å². The van der Waals surface area contributed by atoms with Crippen LogP contribution in [-0.2, 0) is 4.74 Å². The number of ether oxygens (including phenoxy) is 1. The number of rotatable bonds is 2. The molecule has 1 fully saturated rings. The van der Waals surface area contributed by atoms with Gasteiger partial charge in [-0.25, -0.2) is 0 Å². The predicted molar refractivity (Wildman–Crippen MR) is 73.7 cm³/mol. The molecule has 0 radical (unpaired) electrons. The van der Waals surface area contributed by atoms with E-state index in [2.05, 4.69) is 19.4 Å². The monoisotopic (exact) mass is 287 g/mol. The highest BCUT2D eigenvalue weighted by Gasteiger charge is 2.16. The van der Waals surface area contributed by atoms with Gasteiger partial charge in [-0.15, -0.1) is 5.10 Å². The first-order valence-electron chi connectivity index (χ1n) is 5.70. The second kappa shape index (κ2) is 7.57. The largest absolute Gasteiger partial charge is 0.392 e. The van der Waals surface area contributed by atoms with E-state index in [1.54, 1.807) is 18.0 Å². The highest BCUT2D eigenvalue weighted by atomic mass is 32.2. The van der Waals surface area contributed by atoms with Crippen LogP contribution in [0.25, 0.3) is 0 Å². The van der Waals surface area contributed by atoms with Crippen LogP contribution < -0.4 is 5.73 Å². The first-order valence-corrected chi connectivity index (χ1v) is 7.52. The molecule has 3 rings (SSSR count). The lowest BCUT2D eigenvalue weighted by Gasteiger charge is -2.30. The SMILES string of the molecule is NC1=CN(CN2CCOCC2)CS1.c1csnn1. The van der Waals surface area contributed by atoms with Gasteiger partial charge < -0.3 is 15.4 Å². The molecule has 2 aliphatic heterocycles. The zero-order valence-corrected chi connectivity index (χ0v) is 11.7. The molecule has 3 heterocycles. The van der Waals surface area contributed by atoms with E-state index in [0.29, 0.717) is 0 Å². The molecule has 1 aromatic heterocycles. The first kappa shape index (κ1) is 13.6. The summed E-state index contributed by atoms with van der Waals surface area (Å²) >= 11 is 3.05. The molecule has 1 saturated heterocycles. The minimum absolute atomic E-state index is 0.861. The molecule has 0 saturated carbocycles. The smallest absolute Gasteiger partial charge is 0.0835 e. The summed E-state index contributed by atoms with van der Waals surface area (Å²) in [4.78, 5) is 4.63. The van der Waals surface area contributed by atoms with Crippen molar-refractivity contribution >= 4 is 23.3 Å². The van der Waals surface area contributed by atoms with Gasteiger partial charge in [-0.2, -0.15) is 0 Å². The summed E-state index contributed by atoms with van der Waals surface area (Å²) in [6.45, 7) is 4.78. The molecule has 0 unspecified atom stereocenters. The lowest BCUT2D eigenvalue weighted by molar-refractivity contribution is 0.0212. The van der Waals surface area contributed by atoms with Crippen molar-refractivity contribution in [1.82, 2.24) is 19.4 Å². The van der Waals surface area contributed by atoms with Crippen molar-refractivity contribution < 1.29 is 4.74 Å². The second-order valence-corrected chi connectivity index (χ2v) is 5.52. The number of thioether (sulfide) groups is 1. The van der Waals surface area contributed by atoms with Crippen molar-refractivity contribution in [3.05, 3.63) is 22.8 Å². The summed E-state index contributed by atoms with van der Waals surface area (Å²) in [7, 11) is 0. The molecule has 0 spiro atoms. The topological polar surface area (TPSA) is 67.5 Å². The van der Waals surface area contributed by atoms with Crippen molar-refractivity contribution in [2.24, 2.45) is 5.73 Å². The predicted octanol–water partition coefficient (Wildman–Crippen LogP) is 0.578. The molecule has 0 aliphatic carbocycles. The molecule has 0 aromatic carbocycles. The summed E-state index contributed by atoms with van der Waals surface area (Å²) in [6, 6.07) is 0. The Kier molecular flexibility index (Phi) is 5.72. The molecule has 0 amide bonds. The van der Waals surface area contributed by atoms with Gasteiger partial charge in [0.25, 0.3) is 0 Å². The van der Waals surface area contributed by atoms with Crippen LogP contribution in [0.4, 0.5) is 0 Å². The van der Waals surface area contributed by atoms with E-state index in [-0.39, 0.29) is 0 Å². The van der Waals surface area contributed by atoms with Crippen molar-refractivity contribution in [3.8, 4) is 0 Å². The van der Waals surface area contributed by atoms with Gasteiger partial charge >= 0.3 is 0 Å². The lowest BCUT2D eigenvalue weighted by Crippen LogP contribution is -2.41. The zero-order chi connectivity index (χ0) is 12.6.